The largest absolute Gasteiger partial charge is 0.465 e. The molecule has 4 nitrogen and oxygen atoms in total. The van der Waals surface area contributed by atoms with Crippen LogP contribution in [0.3, 0.4) is 0 Å². The van der Waals surface area contributed by atoms with Crippen molar-refractivity contribution in [3.8, 4) is 6.07 Å². The van der Waals surface area contributed by atoms with Gasteiger partial charge in [-0.2, -0.15) is 5.26 Å². The highest BCUT2D eigenvalue weighted by Crippen LogP contribution is 2.26. The summed E-state index contributed by atoms with van der Waals surface area (Å²) in [5.41, 5.74) is -1.69. The summed E-state index contributed by atoms with van der Waals surface area (Å²) in [4.78, 5) is 14.6. The van der Waals surface area contributed by atoms with Crippen molar-refractivity contribution in [2.45, 2.75) is 6.43 Å². The Bertz CT molecular complexity index is 471. The van der Waals surface area contributed by atoms with Gasteiger partial charge in [-0.15, -0.1) is 0 Å². The van der Waals surface area contributed by atoms with Gasteiger partial charge in [0.05, 0.1) is 12.7 Å². The van der Waals surface area contributed by atoms with Crippen molar-refractivity contribution >= 4 is 17.6 Å². The average molecular weight is 247 g/mol. The number of ether oxygens (including phenoxy) is 1. The number of carbonyl (C=O) groups is 1. The fourth-order valence-corrected chi connectivity index (χ4v) is 1.30. The summed E-state index contributed by atoms with van der Waals surface area (Å²) in [5, 5.41) is 8.43. The molecule has 0 bridgehead atoms. The van der Waals surface area contributed by atoms with Gasteiger partial charge in [0.2, 0.25) is 0 Å². The van der Waals surface area contributed by atoms with Gasteiger partial charge >= 0.3 is 5.97 Å². The number of rotatable bonds is 2. The van der Waals surface area contributed by atoms with Crippen LogP contribution in [-0.4, -0.2) is 18.1 Å². The summed E-state index contributed by atoms with van der Waals surface area (Å²) in [6.07, 6.45) is -3.01. The van der Waals surface area contributed by atoms with E-state index in [0.29, 0.717) is 0 Å². The predicted molar refractivity (Wildman–Crippen MR) is 50.3 cm³/mol. The lowest BCUT2D eigenvalue weighted by Crippen LogP contribution is -2.11. The Morgan fingerprint density at radius 3 is 2.75 bits per heavy atom. The Balaban J connectivity index is 3.53. The van der Waals surface area contributed by atoms with Crippen LogP contribution in [0, 0.1) is 11.3 Å². The zero-order valence-corrected chi connectivity index (χ0v) is 8.76. The molecule has 0 aliphatic heterocycles. The van der Waals surface area contributed by atoms with Gasteiger partial charge in [0.25, 0.3) is 6.43 Å². The Hall–Kier alpha value is -1.74. The van der Waals surface area contributed by atoms with Crippen LogP contribution in [0.4, 0.5) is 8.78 Å². The van der Waals surface area contributed by atoms with E-state index in [-0.39, 0.29) is 10.7 Å². The molecule has 0 amide bonds. The first kappa shape index (κ1) is 12.3. The second kappa shape index (κ2) is 4.86. The number of hydrogen-bond donors (Lipinski definition) is 0. The normalized spacial score (nSPS) is 10.0. The van der Waals surface area contributed by atoms with Crippen LogP contribution in [0.1, 0.15) is 28.0 Å². The molecular weight excluding hydrogens is 242 g/mol. The van der Waals surface area contributed by atoms with Crippen LogP contribution < -0.4 is 0 Å². The van der Waals surface area contributed by atoms with E-state index in [2.05, 4.69) is 9.72 Å². The van der Waals surface area contributed by atoms with Gasteiger partial charge in [-0.25, -0.2) is 18.6 Å². The van der Waals surface area contributed by atoms with Gasteiger partial charge in [0.1, 0.15) is 22.5 Å². The molecule has 0 aromatic carbocycles. The third-order valence-corrected chi connectivity index (χ3v) is 1.93. The minimum atomic E-state index is -3.01. The lowest BCUT2D eigenvalue weighted by atomic mass is 10.1. The van der Waals surface area contributed by atoms with Crippen LogP contribution in [-0.2, 0) is 4.74 Å². The molecule has 1 aromatic heterocycles. The van der Waals surface area contributed by atoms with Crippen molar-refractivity contribution in [2.75, 3.05) is 7.11 Å². The van der Waals surface area contributed by atoms with E-state index >= 15 is 0 Å². The first-order chi connectivity index (χ1) is 7.51. The molecule has 1 aromatic rings. The molecule has 0 spiro atoms. The fourth-order valence-electron chi connectivity index (χ4n) is 1.10. The molecule has 7 heteroatoms. The predicted octanol–water partition coefficient (Wildman–Crippen LogP) is 2.33. The molecule has 0 saturated heterocycles. The van der Waals surface area contributed by atoms with Crippen LogP contribution in [0.2, 0.25) is 5.15 Å². The van der Waals surface area contributed by atoms with Crippen molar-refractivity contribution in [3.63, 3.8) is 0 Å². The lowest BCUT2D eigenvalue weighted by molar-refractivity contribution is 0.0587. The summed E-state index contributed by atoms with van der Waals surface area (Å²) in [6, 6.07) is 2.62. The maximum absolute atomic E-state index is 12.6. The van der Waals surface area contributed by atoms with Crippen molar-refractivity contribution < 1.29 is 18.3 Å². The monoisotopic (exact) mass is 246 g/mol. The zero-order chi connectivity index (χ0) is 12.3. The van der Waals surface area contributed by atoms with E-state index in [1.165, 1.54) is 0 Å². The van der Waals surface area contributed by atoms with Gasteiger partial charge in [0, 0.05) is 0 Å². The number of pyridine rings is 1. The number of aromatic nitrogens is 1. The highest BCUT2D eigenvalue weighted by molar-refractivity contribution is 6.29. The summed E-state index contributed by atoms with van der Waals surface area (Å²) in [6.45, 7) is 0. The first-order valence-electron chi connectivity index (χ1n) is 3.98. The number of halogens is 3. The standard InChI is InChI=1S/C9H5ClF2N2O2/c1-16-9(15)6-4(3-13)2-5(10)14-7(6)8(11)12/h2,8H,1H3. The topological polar surface area (TPSA) is 63.0 Å². The molecule has 0 unspecified atom stereocenters. The fraction of sp³-hybridized carbons (Fsp3) is 0.222. The van der Waals surface area contributed by atoms with E-state index in [4.69, 9.17) is 16.9 Å². The molecule has 16 heavy (non-hydrogen) atoms. The molecule has 1 heterocycles. The molecular formula is C9H5ClF2N2O2. The Morgan fingerprint density at radius 2 is 2.31 bits per heavy atom. The van der Waals surface area contributed by atoms with Gasteiger partial charge < -0.3 is 4.74 Å². The van der Waals surface area contributed by atoms with Crippen molar-refractivity contribution in [1.29, 1.82) is 5.26 Å². The first-order valence-corrected chi connectivity index (χ1v) is 4.36. The molecule has 0 aliphatic carbocycles. The Morgan fingerprint density at radius 1 is 1.69 bits per heavy atom. The van der Waals surface area contributed by atoms with Gasteiger partial charge in [-0.1, -0.05) is 11.6 Å². The second-order valence-electron chi connectivity index (χ2n) is 2.66. The number of hydrogen-bond acceptors (Lipinski definition) is 4. The van der Waals surface area contributed by atoms with Crippen LogP contribution in [0.5, 0.6) is 0 Å². The van der Waals surface area contributed by atoms with Gasteiger partial charge in [-0.05, 0) is 6.07 Å². The highest BCUT2D eigenvalue weighted by Gasteiger charge is 2.25. The number of carbonyl (C=O) groups excluding carboxylic acids is 1. The maximum atomic E-state index is 12.6. The van der Waals surface area contributed by atoms with Crippen LogP contribution >= 0.6 is 11.6 Å². The molecule has 0 saturated carbocycles. The summed E-state index contributed by atoms with van der Waals surface area (Å²) >= 11 is 5.45. The average Bonchev–Trinajstić information content (AvgIpc) is 2.26. The van der Waals surface area contributed by atoms with Gasteiger partial charge in [-0.3, -0.25) is 0 Å². The molecule has 0 N–H and O–H groups in total. The number of nitriles is 1. The lowest BCUT2D eigenvalue weighted by Gasteiger charge is -2.08. The Kier molecular flexibility index (Phi) is 3.74. The summed E-state index contributed by atoms with van der Waals surface area (Å²) < 4.78 is 29.5. The van der Waals surface area contributed by atoms with E-state index in [1.807, 2.05) is 0 Å². The molecule has 1 rings (SSSR count). The van der Waals surface area contributed by atoms with Crippen molar-refractivity contribution in [1.82, 2.24) is 4.98 Å². The second-order valence-corrected chi connectivity index (χ2v) is 3.04. The molecule has 84 valence electrons. The van der Waals surface area contributed by atoms with Crippen molar-refractivity contribution in [3.05, 3.63) is 28.0 Å². The van der Waals surface area contributed by atoms with Crippen molar-refractivity contribution in [2.24, 2.45) is 0 Å². The third kappa shape index (κ3) is 2.25. The zero-order valence-electron chi connectivity index (χ0n) is 8.00. The van der Waals surface area contributed by atoms with E-state index in [1.54, 1.807) is 6.07 Å². The minimum Gasteiger partial charge on any atom is -0.465 e. The number of esters is 1. The SMILES string of the molecule is COC(=O)c1c(C#N)cc(Cl)nc1C(F)F. The molecule has 0 radical (unpaired) electrons. The number of alkyl halides is 2. The molecule has 0 fully saturated rings. The van der Waals surface area contributed by atoms with Gasteiger partial charge in [0.15, 0.2) is 0 Å². The Labute approximate surface area is 94.4 Å². The minimum absolute atomic E-state index is 0.278. The smallest absolute Gasteiger partial charge is 0.341 e. The van der Waals surface area contributed by atoms with E-state index in [0.717, 1.165) is 13.2 Å². The summed E-state index contributed by atoms with van der Waals surface area (Å²) in [5.74, 6) is -1.05. The quantitative estimate of drug-likeness (QED) is 0.593. The van der Waals surface area contributed by atoms with E-state index in [9.17, 15) is 13.6 Å². The van der Waals surface area contributed by atoms with E-state index < -0.39 is 23.7 Å². The summed E-state index contributed by atoms with van der Waals surface area (Å²) in [7, 11) is 1.02. The molecule has 0 atom stereocenters. The van der Waals surface area contributed by atoms with Crippen LogP contribution in [0.15, 0.2) is 6.07 Å². The maximum Gasteiger partial charge on any atom is 0.341 e. The number of methoxy groups -OCH3 is 1. The number of nitrogens with zero attached hydrogens (tertiary/aromatic N) is 2. The highest BCUT2D eigenvalue weighted by atomic mass is 35.5. The molecule has 0 aliphatic rings. The third-order valence-electron chi connectivity index (χ3n) is 1.73. The van der Waals surface area contributed by atoms with Crippen LogP contribution in [0.25, 0.3) is 0 Å².